The Morgan fingerprint density at radius 3 is 2.70 bits per heavy atom. The summed E-state index contributed by atoms with van der Waals surface area (Å²) in [5, 5.41) is 6.66. The Kier molecular flexibility index (Phi) is 7.92. The van der Waals surface area contributed by atoms with E-state index in [2.05, 4.69) is 46.8 Å². The summed E-state index contributed by atoms with van der Waals surface area (Å²) in [5.41, 5.74) is 1.77. The molecule has 2 rings (SSSR count). The number of aryl methyl sites for hydroxylation is 2. The predicted octanol–water partition coefficient (Wildman–Crippen LogP) is 3.45. The Morgan fingerprint density at radius 1 is 1.30 bits per heavy atom. The fraction of sp³-hybridized carbons (Fsp3) is 0.429. The van der Waals surface area contributed by atoms with Gasteiger partial charge in [0.25, 0.3) is 0 Å². The minimum Gasteiger partial charge on any atom is -0.465 e. The lowest BCUT2D eigenvalue weighted by Crippen LogP contribution is -2.42. The standard InChI is InChI=1S/C21H29N3O3/c1-5-22-21(24-15(2)11-12-17-9-7-6-8-10-17)23-14-18-13-19(16(3)27-18)20(25)26-4/h6-10,13,15H,5,11-12,14H2,1-4H3,(H2,22,23,24). The Hall–Kier alpha value is -2.76. The van der Waals surface area contributed by atoms with Gasteiger partial charge in [-0.3, -0.25) is 0 Å². The first-order chi connectivity index (χ1) is 13.0. The minimum absolute atomic E-state index is 0.270. The van der Waals surface area contributed by atoms with E-state index in [1.807, 2.05) is 13.0 Å². The second kappa shape index (κ2) is 10.4. The number of methoxy groups -OCH3 is 1. The quantitative estimate of drug-likeness (QED) is 0.422. The van der Waals surface area contributed by atoms with E-state index in [1.165, 1.54) is 12.7 Å². The molecule has 1 unspecified atom stereocenters. The number of hydrogen-bond donors (Lipinski definition) is 2. The number of guanidine groups is 1. The number of furan rings is 1. The number of rotatable bonds is 8. The summed E-state index contributed by atoms with van der Waals surface area (Å²) >= 11 is 0. The molecule has 0 saturated heterocycles. The molecule has 0 amide bonds. The maximum absolute atomic E-state index is 11.7. The van der Waals surface area contributed by atoms with E-state index in [0.717, 1.165) is 25.3 Å². The van der Waals surface area contributed by atoms with Crippen LogP contribution in [0, 0.1) is 6.92 Å². The van der Waals surface area contributed by atoms with Gasteiger partial charge in [0, 0.05) is 12.6 Å². The maximum Gasteiger partial charge on any atom is 0.341 e. The molecule has 0 radical (unpaired) electrons. The number of carbonyl (C=O) groups is 1. The fourth-order valence-electron chi connectivity index (χ4n) is 2.74. The highest BCUT2D eigenvalue weighted by molar-refractivity contribution is 5.90. The molecule has 1 aromatic carbocycles. The molecule has 0 aliphatic rings. The first-order valence-electron chi connectivity index (χ1n) is 9.29. The van der Waals surface area contributed by atoms with Gasteiger partial charge in [0.2, 0.25) is 0 Å². The maximum atomic E-state index is 11.7. The highest BCUT2D eigenvalue weighted by atomic mass is 16.5. The largest absolute Gasteiger partial charge is 0.465 e. The molecule has 0 saturated carbocycles. The van der Waals surface area contributed by atoms with Gasteiger partial charge in [-0.1, -0.05) is 30.3 Å². The van der Waals surface area contributed by atoms with Crippen molar-refractivity contribution in [3.05, 3.63) is 59.0 Å². The Bertz CT molecular complexity index is 753. The lowest BCUT2D eigenvalue weighted by molar-refractivity contribution is 0.0599. The second-order valence-corrected chi connectivity index (χ2v) is 6.44. The van der Waals surface area contributed by atoms with Crippen LogP contribution in [0.5, 0.6) is 0 Å². The average Bonchev–Trinajstić information content (AvgIpc) is 3.05. The number of ether oxygens (including phenoxy) is 1. The van der Waals surface area contributed by atoms with E-state index >= 15 is 0 Å². The minimum atomic E-state index is -0.397. The summed E-state index contributed by atoms with van der Waals surface area (Å²) in [6.45, 7) is 7.02. The van der Waals surface area contributed by atoms with Crippen molar-refractivity contribution in [2.75, 3.05) is 13.7 Å². The Balaban J connectivity index is 1.94. The summed E-state index contributed by atoms with van der Waals surface area (Å²) in [7, 11) is 1.36. The number of nitrogens with one attached hydrogen (secondary N) is 2. The molecule has 6 heteroatoms. The normalized spacial score (nSPS) is 12.5. The predicted molar refractivity (Wildman–Crippen MR) is 107 cm³/mol. The molecule has 27 heavy (non-hydrogen) atoms. The number of aliphatic imine (C=N–C) groups is 1. The summed E-state index contributed by atoms with van der Waals surface area (Å²) in [6.07, 6.45) is 2.01. The lowest BCUT2D eigenvalue weighted by atomic mass is 10.1. The molecule has 0 aliphatic carbocycles. The van der Waals surface area contributed by atoms with Crippen LogP contribution in [0.25, 0.3) is 0 Å². The highest BCUT2D eigenvalue weighted by Crippen LogP contribution is 2.16. The number of hydrogen-bond acceptors (Lipinski definition) is 4. The van der Waals surface area contributed by atoms with E-state index in [0.29, 0.717) is 23.6 Å². The fourth-order valence-corrected chi connectivity index (χ4v) is 2.74. The van der Waals surface area contributed by atoms with E-state index in [-0.39, 0.29) is 6.04 Å². The molecule has 1 heterocycles. The van der Waals surface area contributed by atoms with Gasteiger partial charge in [0.15, 0.2) is 5.96 Å². The van der Waals surface area contributed by atoms with Crippen molar-refractivity contribution in [3.8, 4) is 0 Å². The van der Waals surface area contributed by atoms with Crippen molar-refractivity contribution in [1.82, 2.24) is 10.6 Å². The van der Waals surface area contributed by atoms with Gasteiger partial charge in [0.1, 0.15) is 23.6 Å². The highest BCUT2D eigenvalue weighted by Gasteiger charge is 2.15. The van der Waals surface area contributed by atoms with Crippen molar-refractivity contribution in [2.24, 2.45) is 4.99 Å². The average molecular weight is 371 g/mol. The van der Waals surface area contributed by atoms with Crippen molar-refractivity contribution in [3.63, 3.8) is 0 Å². The van der Waals surface area contributed by atoms with E-state index in [1.54, 1.807) is 13.0 Å². The van der Waals surface area contributed by atoms with Crippen LogP contribution >= 0.6 is 0 Å². The molecule has 1 atom stereocenters. The number of nitrogens with zero attached hydrogens (tertiary/aromatic N) is 1. The van der Waals surface area contributed by atoms with Crippen molar-refractivity contribution >= 4 is 11.9 Å². The van der Waals surface area contributed by atoms with Gasteiger partial charge >= 0.3 is 5.97 Å². The van der Waals surface area contributed by atoms with Crippen LogP contribution < -0.4 is 10.6 Å². The number of benzene rings is 1. The third-order valence-electron chi connectivity index (χ3n) is 4.20. The summed E-state index contributed by atoms with van der Waals surface area (Å²) < 4.78 is 10.4. The van der Waals surface area contributed by atoms with Crippen LogP contribution in [0.15, 0.2) is 45.8 Å². The molecule has 2 aromatic rings. The molecule has 6 nitrogen and oxygen atoms in total. The van der Waals surface area contributed by atoms with Crippen molar-refractivity contribution in [2.45, 2.75) is 46.2 Å². The van der Waals surface area contributed by atoms with Gasteiger partial charge in [-0.15, -0.1) is 0 Å². The lowest BCUT2D eigenvalue weighted by Gasteiger charge is -2.17. The van der Waals surface area contributed by atoms with Crippen LogP contribution in [0.1, 0.15) is 47.7 Å². The van der Waals surface area contributed by atoms with Crippen molar-refractivity contribution < 1.29 is 13.9 Å². The van der Waals surface area contributed by atoms with Crippen LogP contribution in [0.2, 0.25) is 0 Å². The zero-order valence-corrected chi connectivity index (χ0v) is 16.5. The Morgan fingerprint density at radius 2 is 2.04 bits per heavy atom. The first-order valence-corrected chi connectivity index (χ1v) is 9.29. The summed E-state index contributed by atoms with van der Waals surface area (Å²) in [5.74, 6) is 1.50. The van der Waals surface area contributed by atoms with Gasteiger partial charge in [-0.05, 0) is 45.2 Å². The summed E-state index contributed by atoms with van der Waals surface area (Å²) in [6, 6.07) is 12.4. The molecular weight excluding hydrogens is 342 g/mol. The monoisotopic (exact) mass is 371 g/mol. The topological polar surface area (TPSA) is 75.9 Å². The van der Waals surface area contributed by atoms with Crippen LogP contribution in [0.4, 0.5) is 0 Å². The molecule has 0 aliphatic heterocycles. The molecule has 146 valence electrons. The SMILES string of the molecule is CCNC(=NCc1cc(C(=O)OC)c(C)o1)NC(C)CCc1ccccc1. The first kappa shape index (κ1) is 20.6. The van der Waals surface area contributed by atoms with Crippen molar-refractivity contribution in [1.29, 1.82) is 0 Å². The molecule has 1 aromatic heterocycles. The van der Waals surface area contributed by atoms with Gasteiger partial charge in [-0.2, -0.15) is 0 Å². The molecule has 0 bridgehead atoms. The smallest absolute Gasteiger partial charge is 0.341 e. The van der Waals surface area contributed by atoms with Crippen LogP contribution in [-0.2, 0) is 17.7 Å². The van der Waals surface area contributed by atoms with E-state index < -0.39 is 5.97 Å². The van der Waals surface area contributed by atoms with Gasteiger partial charge in [-0.25, -0.2) is 9.79 Å². The molecule has 0 spiro atoms. The number of carbonyl (C=O) groups excluding carboxylic acids is 1. The van der Waals surface area contributed by atoms with E-state index in [9.17, 15) is 4.79 Å². The molecule has 0 fully saturated rings. The zero-order chi connectivity index (χ0) is 19.6. The summed E-state index contributed by atoms with van der Waals surface area (Å²) in [4.78, 5) is 16.2. The van der Waals surface area contributed by atoms with Gasteiger partial charge in [0.05, 0.1) is 7.11 Å². The van der Waals surface area contributed by atoms with Crippen LogP contribution in [0.3, 0.4) is 0 Å². The zero-order valence-electron chi connectivity index (χ0n) is 16.5. The number of esters is 1. The van der Waals surface area contributed by atoms with Crippen LogP contribution in [-0.4, -0.2) is 31.6 Å². The third kappa shape index (κ3) is 6.47. The van der Waals surface area contributed by atoms with Gasteiger partial charge < -0.3 is 19.8 Å². The third-order valence-corrected chi connectivity index (χ3v) is 4.20. The second-order valence-electron chi connectivity index (χ2n) is 6.44. The molecular formula is C21H29N3O3. The molecule has 2 N–H and O–H groups in total. The Labute approximate surface area is 161 Å². The van der Waals surface area contributed by atoms with E-state index in [4.69, 9.17) is 9.15 Å².